The number of anilines is 3. The van der Waals surface area contributed by atoms with Gasteiger partial charge in [0, 0.05) is 22.6 Å². The molecule has 220 valence electrons. The number of hydrogen-bond acceptors (Lipinski definition) is 9. The quantitative estimate of drug-likeness (QED) is 0.325. The number of aromatic nitrogens is 4. The molecule has 43 heavy (non-hydrogen) atoms. The predicted octanol–water partition coefficient (Wildman–Crippen LogP) is 5.30. The summed E-state index contributed by atoms with van der Waals surface area (Å²) >= 11 is 0. The van der Waals surface area contributed by atoms with Gasteiger partial charge in [0.25, 0.3) is 0 Å². The first-order chi connectivity index (χ1) is 20.5. The minimum absolute atomic E-state index is 0.317. The number of nitrogens with zero attached hydrogens (tertiary/aromatic N) is 5. The van der Waals surface area contributed by atoms with Gasteiger partial charge in [0.1, 0.15) is 23.5 Å². The molecule has 0 unspecified atom stereocenters. The minimum Gasteiger partial charge on any atom is -0.497 e. The Balaban J connectivity index is 1.32. The van der Waals surface area contributed by atoms with Gasteiger partial charge in [0.05, 0.1) is 23.7 Å². The second kappa shape index (κ2) is 9.25. The van der Waals surface area contributed by atoms with E-state index in [1.165, 1.54) is 18.1 Å². The Morgan fingerprint density at radius 3 is 2.65 bits per heavy atom. The maximum absolute atomic E-state index is 13.7. The number of ether oxygens (including phenoxy) is 2. The summed E-state index contributed by atoms with van der Waals surface area (Å²) in [5, 5.41) is 18.5. The highest BCUT2D eigenvalue weighted by atomic mass is 16.6. The molecule has 2 aliphatic carbocycles. The molecule has 2 N–H and O–H groups in total. The highest BCUT2D eigenvalue weighted by Crippen LogP contribution is 2.67. The summed E-state index contributed by atoms with van der Waals surface area (Å²) in [6, 6.07) is 10.6. The first-order valence-electron chi connectivity index (χ1n) is 14.1. The van der Waals surface area contributed by atoms with Gasteiger partial charge in [0.15, 0.2) is 5.82 Å². The largest absolute Gasteiger partial charge is 0.497 e. The molecular formula is C31H30N6O6. The summed E-state index contributed by atoms with van der Waals surface area (Å²) in [5.74, 6) is 0.820. The molecule has 1 aliphatic heterocycles. The van der Waals surface area contributed by atoms with Gasteiger partial charge in [-0.2, -0.15) is 4.68 Å². The van der Waals surface area contributed by atoms with Gasteiger partial charge < -0.3 is 19.9 Å². The fourth-order valence-electron chi connectivity index (χ4n) is 6.47. The van der Waals surface area contributed by atoms with Gasteiger partial charge in [-0.3, -0.25) is 4.79 Å². The van der Waals surface area contributed by atoms with E-state index in [0.29, 0.717) is 46.0 Å². The van der Waals surface area contributed by atoms with Crippen LogP contribution < -0.4 is 15.0 Å². The van der Waals surface area contributed by atoms with E-state index in [1.807, 2.05) is 18.2 Å². The van der Waals surface area contributed by atoms with Crippen LogP contribution in [0.5, 0.6) is 5.75 Å². The van der Waals surface area contributed by atoms with Gasteiger partial charge in [-0.1, -0.05) is 6.07 Å². The zero-order chi connectivity index (χ0) is 30.3. The van der Waals surface area contributed by atoms with Crippen LogP contribution >= 0.6 is 0 Å². The van der Waals surface area contributed by atoms with Crippen molar-refractivity contribution in [2.24, 2.45) is 0 Å². The van der Waals surface area contributed by atoms with Crippen molar-refractivity contribution in [3.8, 4) is 5.75 Å². The molecule has 7 rings (SSSR count). The van der Waals surface area contributed by atoms with E-state index in [-0.39, 0.29) is 5.92 Å². The van der Waals surface area contributed by atoms with E-state index in [9.17, 15) is 19.5 Å². The van der Waals surface area contributed by atoms with Gasteiger partial charge >= 0.3 is 12.2 Å². The number of carbonyl (C=O) groups is 3. The van der Waals surface area contributed by atoms with Gasteiger partial charge in [-0.25, -0.2) is 24.5 Å². The number of hydrogen-bond donors (Lipinski definition) is 2. The number of fused-ring (bicyclic) bond motifs is 4. The molecule has 0 saturated heterocycles. The number of rotatable bonds is 4. The molecule has 2 amide bonds. The normalized spacial score (nSPS) is 20.3. The number of carbonyl (C=O) groups excluding carboxylic acids is 2. The number of amides is 2. The average Bonchev–Trinajstić information content (AvgIpc) is 3.22. The molecule has 2 aromatic heterocycles. The predicted molar refractivity (Wildman–Crippen MR) is 156 cm³/mol. The Morgan fingerprint density at radius 1 is 1.09 bits per heavy atom. The van der Waals surface area contributed by atoms with Crippen molar-refractivity contribution in [2.45, 2.75) is 63.4 Å². The standard InChI is InChI=1S/C31H30N6O6/c1-30(2,3)43-29(41)37-24-12-16(8-10-19(24)26(35-37)34-25-18-6-5-7-22(18)32-15-33-25)21-14-31(21)20-13-17(42-4)9-11-23(20)36(27(31)38)28(39)40/h8-13,15,21H,5-7,14H2,1-4H3,(H,39,40)(H,32,33,34,35)/t21-,31-/m0/s1. The molecule has 1 saturated carbocycles. The SMILES string of the molecule is COc1ccc2c(c1)[C@]1(C[C@H]1c1ccc3c(Nc4ncnc5c4CCC5)nn(C(=O)OC(C)(C)C)c3c1)C(=O)N2C(=O)O. The zero-order valence-corrected chi connectivity index (χ0v) is 24.2. The van der Waals surface area contributed by atoms with E-state index in [1.54, 1.807) is 39.0 Å². The van der Waals surface area contributed by atoms with Crippen LogP contribution in [0.2, 0.25) is 0 Å². The lowest BCUT2D eigenvalue weighted by Crippen LogP contribution is -2.36. The number of methoxy groups -OCH3 is 1. The summed E-state index contributed by atoms with van der Waals surface area (Å²) in [4.78, 5) is 48.8. The molecule has 2 atom stereocenters. The van der Waals surface area contributed by atoms with Gasteiger partial charge in [-0.15, -0.1) is 5.10 Å². The first-order valence-corrected chi connectivity index (χ1v) is 14.1. The highest BCUT2D eigenvalue weighted by Gasteiger charge is 2.68. The number of benzene rings is 2. The Labute approximate surface area is 246 Å². The monoisotopic (exact) mass is 582 g/mol. The van der Waals surface area contributed by atoms with Crippen molar-refractivity contribution in [3.63, 3.8) is 0 Å². The maximum atomic E-state index is 13.7. The summed E-state index contributed by atoms with van der Waals surface area (Å²) < 4.78 is 12.3. The van der Waals surface area contributed by atoms with Crippen molar-refractivity contribution in [1.29, 1.82) is 0 Å². The molecule has 3 heterocycles. The number of imide groups is 1. The van der Waals surface area contributed by atoms with E-state index in [0.717, 1.165) is 41.0 Å². The van der Waals surface area contributed by atoms with Crippen LogP contribution in [-0.2, 0) is 27.8 Å². The molecule has 12 heteroatoms. The topological polar surface area (TPSA) is 149 Å². The second-order valence-electron chi connectivity index (χ2n) is 12.2. The van der Waals surface area contributed by atoms with Crippen molar-refractivity contribution in [1.82, 2.24) is 19.7 Å². The van der Waals surface area contributed by atoms with Crippen LogP contribution in [0.1, 0.15) is 61.9 Å². The Hall–Kier alpha value is -5.00. The lowest BCUT2D eigenvalue weighted by molar-refractivity contribution is -0.119. The number of nitrogens with one attached hydrogen (secondary N) is 1. The fourth-order valence-corrected chi connectivity index (χ4v) is 6.47. The van der Waals surface area contributed by atoms with Crippen molar-refractivity contribution in [3.05, 3.63) is 65.1 Å². The van der Waals surface area contributed by atoms with E-state index in [4.69, 9.17) is 9.47 Å². The van der Waals surface area contributed by atoms with E-state index in [2.05, 4.69) is 20.4 Å². The third kappa shape index (κ3) is 4.11. The number of aryl methyl sites for hydroxylation is 1. The smallest absolute Gasteiger partial charge is 0.435 e. The summed E-state index contributed by atoms with van der Waals surface area (Å²) in [6.07, 6.45) is 2.70. The average molecular weight is 583 g/mol. The molecule has 12 nitrogen and oxygen atoms in total. The molecule has 2 aromatic carbocycles. The lowest BCUT2D eigenvalue weighted by atomic mass is 9.91. The first kappa shape index (κ1) is 26.9. The van der Waals surface area contributed by atoms with Gasteiger partial charge in [0.2, 0.25) is 5.91 Å². The van der Waals surface area contributed by atoms with E-state index >= 15 is 0 Å². The Morgan fingerprint density at radius 2 is 1.91 bits per heavy atom. The van der Waals surface area contributed by atoms with Crippen LogP contribution in [0.15, 0.2) is 42.7 Å². The van der Waals surface area contributed by atoms with Crippen LogP contribution in [-0.4, -0.2) is 55.7 Å². The third-order valence-electron chi connectivity index (χ3n) is 8.45. The molecular weight excluding hydrogens is 552 g/mol. The maximum Gasteiger partial charge on any atom is 0.435 e. The molecule has 3 aliphatic rings. The molecule has 1 fully saturated rings. The van der Waals surface area contributed by atoms with Gasteiger partial charge in [-0.05, 0) is 87.9 Å². The summed E-state index contributed by atoms with van der Waals surface area (Å²) in [7, 11) is 1.53. The Kier molecular flexibility index (Phi) is 5.78. The lowest BCUT2D eigenvalue weighted by Gasteiger charge is -2.19. The van der Waals surface area contributed by atoms with Crippen molar-refractivity contribution < 1.29 is 29.0 Å². The molecule has 0 bridgehead atoms. The van der Waals surface area contributed by atoms with E-state index < -0.39 is 29.1 Å². The Bertz CT molecular complexity index is 1860. The highest BCUT2D eigenvalue weighted by molar-refractivity contribution is 6.22. The minimum atomic E-state index is -1.33. The zero-order valence-electron chi connectivity index (χ0n) is 24.2. The number of carboxylic acid groups (broad SMARTS) is 1. The summed E-state index contributed by atoms with van der Waals surface area (Å²) in [6.45, 7) is 5.35. The van der Waals surface area contributed by atoms with Crippen molar-refractivity contribution >= 4 is 46.3 Å². The molecule has 0 radical (unpaired) electrons. The van der Waals surface area contributed by atoms with Crippen LogP contribution in [0.25, 0.3) is 10.9 Å². The second-order valence-corrected chi connectivity index (χ2v) is 12.2. The van der Waals surface area contributed by atoms with Crippen molar-refractivity contribution in [2.75, 3.05) is 17.3 Å². The molecule has 4 aromatic rings. The van der Waals surface area contributed by atoms with Crippen LogP contribution in [0.3, 0.4) is 0 Å². The van der Waals surface area contributed by atoms with Crippen LogP contribution in [0.4, 0.5) is 26.9 Å². The molecule has 1 spiro atoms. The summed E-state index contributed by atoms with van der Waals surface area (Å²) in [5.41, 5.74) is 2.46. The van der Waals surface area contributed by atoms with Crippen LogP contribution in [0, 0.1) is 0 Å². The fraction of sp³-hybridized carbons (Fsp3) is 0.355. The third-order valence-corrected chi connectivity index (χ3v) is 8.45.